The highest BCUT2D eigenvalue weighted by Crippen LogP contribution is 2.32. The summed E-state index contributed by atoms with van der Waals surface area (Å²) in [7, 11) is 2.87. The van der Waals surface area contributed by atoms with Gasteiger partial charge in [0.2, 0.25) is 0 Å². The van der Waals surface area contributed by atoms with E-state index in [1.807, 2.05) is 0 Å². The number of hydrogen-bond donors (Lipinski definition) is 2. The van der Waals surface area contributed by atoms with Crippen LogP contribution >= 0.6 is 0 Å². The van der Waals surface area contributed by atoms with Crippen LogP contribution in [0.1, 0.15) is 5.56 Å². The van der Waals surface area contributed by atoms with Crippen LogP contribution in [0.25, 0.3) is 0 Å². The molecule has 0 saturated carbocycles. The number of aliphatic hydroxyl groups excluding tert-OH is 1. The van der Waals surface area contributed by atoms with E-state index >= 15 is 0 Å². The monoisotopic (exact) mass is 291 g/mol. The van der Waals surface area contributed by atoms with Gasteiger partial charge in [0, 0.05) is 25.8 Å². The van der Waals surface area contributed by atoms with Gasteiger partial charge in [0.15, 0.2) is 11.5 Å². The van der Waals surface area contributed by atoms with E-state index in [1.165, 1.54) is 14.2 Å². The van der Waals surface area contributed by atoms with Gasteiger partial charge in [-0.05, 0) is 6.07 Å². The molecule has 1 atom stereocenters. The van der Waals surface area contributed by atoms with Gasteiger partial charge >= 0.3 is 6.61 Å². The molecule has 1 aromatic carbocycles. The lowest BCUT2D eigenvalue weighted by molar-refractivity contribution is -0.0519. The smallest absolute Gasteiger partial charge is 0.387 e. The third-order valence-corrected chi connectivity index (χ3v) is 2.54. The average Bonchev–Trinajstić information content (AvgIpc) is 2.40. The highest BCUT2D eigenvalue weighted by atomic mass is 19.3. The van der Waals surface area contributed by atoms with E-state index in [0.717, 1.165) is 0 Å². The van der Waals surface area contributed by atoms with E-state index in [2.05, 4.69) is 10.1 Å². The topological polar surface area (TPSA) is 60.0 Å². The molecule has 0 heterocycles. The minimum atomic E-state index is -2.93. The standard InChI is InChI=1S/C13H19F2NO4/c1-18-8-10(17)7-16-6-9-4-3-5-11(19-2)12(9)20-13(14)15/h3-5,10,13,16-17H,6-8H2,1-2H3. The lowest BCUT2D eigenvalue weighted by Crippen LogP contribution is -2.29. The Kier molecular flexibility index (Phi) is 7.21. The van der Waals surface area contributed by atoms with Gasteiger partial charge in [0.25, 0.3) is 0 Å². The molecular formula is C13H19F2NO4. The van der Waals surface area contributed by atoms with Crippen LogP contribution in [-0.4, -0.2) is 45.2 Å². The number of alkyl halides is 2. The maximum Gasteiger partial charge on any atom is 0.387 e. The molecule has 1 aromatic rings. The Morgan fingerprint density at radius 1 is 1.30 bits per heavy atom. The number of rotatable bonds is 9. The van der Waals surface area contributed by atoms with Crippen LogP contribution in [0.2, 0.25) is 0 Å². The van der Waals surface area contributed by atoms with Gasteiger partial charge in [-0.25, -0.2) is 0 Å². The first-order valence-electron chi connectivity index (χ1n) is 6.06. The minimum absolute atomic E-state index is 0.00117. The summed E-state index contributed by atoms with van der Waals surface area (Å²) >= 11 is 0. The average molecular weight is 291 g/mol. The van der Waals surface area contributed by atoms with Gasteiger partial charge in [-0.2, -0.15) is 8.78 Å². The number of hydrogen-bond acceptors (Lipinski definition) is 5. The van der Waals surface area contributed by atoms with Gasteiger partial charge < -0.3 is 24.6 Å². The van der Waals surface area contributed by atoms with Crippen LogP contribution in [0.5, 0.6) is 11.5 Å². The van der Waals surface area contributed by atoms with Crippen molar-refractivity contribution in [1.82, 2.24) is 5.32 Å². The summed E-state index contributed by atoms with van der Waals surface area (Å²) in [5, 5.41) is 12.4. The molecule has 0 aliphatic heterocycles. The summed E-state index contributed by atoms with van der Waals surface area (Å²) in [6.45, 7) is -2.19. The normalized spacial score (nSPS) is 12.5. The highest BCUT2D eigenvalue weighted by molar-refractivity contribution is 5.46. The second-order valence-corrected chi connectivity index (χ2v) is 4.07. The van der Waals surface area contributed by atoms with Crippen LogP contribution < -0.4 is 14.8 Å². The molecule has 0 amide bonds. The maximum atomic E-state index is 12.4. The molecule has 0 radical (unpaired) electrons. The van der Waals surface area contributed by atoms with Gasteiger partial charge in [0.1, 0.15) is 0 Å². The molecule has 20 heavy (non-hydrogen) atoms. The Hall–Kier alpha value is -1.44. The molecule has 0 aromatic heterocycles. The van der Waals surface area contributed by atoms with Gasteiger partial charge in [0.05, 0.1) is 19.8 Å². The van der Waals surface area contributed by atoms with Gasteiger partial charge in [-0.15, -0.1) is 0 Å². The summed E-state index contributed by atoms with van der Waals surface area (Å²) in [5.74, 6) is 0.237. The second kappa shape index (κ2) is 8.68. The SMILES string of the molecule is COCC(O)CNCc1cccc(OC)c1OC(F)F. The lowest BCUT2D eigenvalue weighted by atomic mass is 10.2. The predicted molar refractivity (Wildman–Crippen MR) is 69.2 cm³/mol. The number of para-hydroxylation sites is 1. The van der Waals surface area contributed by atoms with E-state index in [4.69, 9.17) is 9.47 Å². The molecule has 1 unspecified atom stereocenters. The first-order chi connectivity index (χ1) is 9.58. The van der Waals surface area contributed by atoms with Crippen molar-refractivity contribution in [2.45, 2.75) is 19.3 Å². The van der Waals surface area contributed by atoms with Crippen molar-refractivity contribution < 1.29 is 28.1 Å². The second-order valence-electron chi connectivity index (χ2n) is 4.07. The minimum Gasteiger partial charge on any atom is -0.493 e. The van der Waals surface area contributed by atoms with E-state index in [1.54, 1.807) is 18.2 Å². The van der Waals surface area contributed by atoms with Crippen LogP contribution in [0.15, 0.2) is 18.2 Å². The number of halogens is 2. The number of benzene rings is 1. The Morgan fingerprint density at radius 2 is 2.05 bits per heavy atom. The fraction of sp³-hybridized carbons (Fsp3) is 0.538. The summed E-state index contributed by atoms with van der Waals surface area (Å²) < 4.78 is 39.1. The number of ether oxygens (including phenoxy) is 3. The summed E-state index contributed by atoms with van der Waals surface area (Å²) in [4.78, 5) is 0. The van der Waals surface area contributed by atoms with E-state index in [-0.39, 0.29) is 31.2 Å². The Bertz CT molecular complexity index is 404. The molecular weight excluding hydrogens is 272 g/mol. The van der Waals surface area contributed by atoms with Crippen molar-refractivity contribution in [3.05, 3.63) is 23.8 Å². The molecule has 7 heteroatoms. The molecule has 0 bridgehead atoms. The molecule has 0 aliphatic rings. The molecule has 2 N–H and O–H groups in total. The van der Waals surface area contributed by atoms with E-state index in [0.29, 0.717) is 5.56 Å². The Labute approximate surface area is 116 Å². The van der Waals surface area contributed by atoms with Crippen LogP contribution in [0.4, 0.5) is 8.78 Å². The van der Waals surface area contributed by atoms with Crippen LogP contribution in [-0.2, 0) is 11.3 Å². The molecule has 1 rings (SSSR count). The predicted octanol–water partition coefficient (Wildman–Crippen LogP) is 1.39. The number of nitrogens with one attached hydrogen (secondary N) is 1. The fourth-order valence-corrected chi connectivity index (χ4v) is 1.71. The Balaban J connectivity index is 2.68. The van der Waals surface area contributed by atoms with Crippen molar-refractivity contribution in [2.24, 2.45) is 0 Å². The third-order valence-electron chi connectivity index (χ3n) is 2.54. The van der Waals surface area contributed by atoms with Crippen molar-refractivity contribution in [3.8, 4) is 11.5 Å². The van der Waals surface area contributed by atoms with Crippen LogP contribution in [0.3, 0.4) is 0 Å². The summed E-state index contributed by atoms with van der Waals surface area (Å²) in [6, 6.07) is 4.87. The van der Waals surface area contributed by atoms with E-state index < -0.39 is 12.7 Å². The molecule has 0 spiro atoms. The van der Waals surface area contributed by atoms with E-state index in [9.17, 15) is 13.9 Å². The number of methoxy groups -OCH3 is 2. The van der Waals surface area contributed by atoms with Crippen LogP contribution in [0, 0.1) is 0 Å². The zero-order valence-corrected chi connectivity index (χ0v) is 11.4. The molecule has 114 valence electrons. The Morgan fingerprint density at radius 3 is 2.65 bits per heavy atom. The molecule has 0 saturated heterocycles. The van der Waals surface area contributed by atoms with Gasteiger partial charge in [-0.3, -0.25) is 0 Å². The summed E-state index contributed by atoms with van der Waals surface area (Å²) in [5.41, 5.74) is 0.522. The zero-order chi connectivity index (χ0) is 15.0. The molecule has 5 nitrogen and oxygen atoms in total. The quantitative estimate of drug-likeness (QED) is 0.720. The number of aliphatic hydroxyl groups is 1. The van der Waals surface area contributed by atoms with Crippen molar-refractivity contribution in [3.63, 3.8) is 0 Å². The lowest BCUT2D eigenvalue weighted by Gasteiger charge is -2.16. The highest BCUT2D eigenvalue weighted by Gasteiger charge is 2.15. The fourth-order valence-electron chi connectivity index (χ4n) is 1.71. The third kappa shape index (κ3) is 5.28. The first kappa shape index (κ1) is 16.6. The van der Waals surface area contributed by atoms with Crippen molar-refractivity contribution in [2.75, 3.05) is 27.4 Å². The van der Waals surface area contributed by atoms with Gasteiger partial charge in [-0.1, -0.05) is 12.1 Å². The van der Waals surface area contributed by atoms with Crippen molar-refractivity contribution in [1.29, 1.82) is 0 Å². The maximum absolute atomic E-state index is 12.4. The zero-order valence-electron chi connectivity index (χ0n) is 11.4. The molecule has 0 aliphatic carbocycles. The first-order valence-corrected chi connectivity index (χ1v) is 6.06. The van der Waals surface area contributed by atoms with Crippen molar-refractivity contribution >= 4 is 0 Å². The largest absolute Gasteiger partial charge is 0.493 e. The molecule has 0 fully saturated rings. The summed E-state index contributed by atoms with van der Waals surface area (Å²) in [6.07, 6.45) is -0.662.